The fourth-order valence-electron chi connectivity index (χ4n) is 7.77. The molecule has 2 fully saturated rings. The number of hydrogen-bond acceptors (Lipinski definition) is 6. The lowest BCUT2D eigenvalue weighted by Crippen LogP contribution is -2.60. The largest absolute Gasteiger partial charge is 0.480 e. The summed E-state index contributed by atoms with van der Waals surface area (Å²) in [4.78, 5) is 26.7. The highest BCUT2D eigenvalue weighted by Crippen LogP contribution is 2.48. The zero-order valence-corrected chi connectivity index (χ0v) is 26.8. The monoisotopic (exact) mass is 654 g/mol. The molecule has 0 atom stereocenters. The molecule has 1 N–H and O–H groups in total. The minimum Gasteiger partial charge on any atom is -0.480 e. The summed E-state index contributed by atoms with van der Waals surface area (Å²) in [6.07, 6.45) is 0. The minimum atomic E-state index is -0.827. The average molecular weight is 656 g/mol. The van der Waals surface area contributed by atoms with Crippen molar-refractivity contribution < 1.29 is 24.2 Å². The van der Waals surface area contributed by atoms with Crippen LogP contribution in [0.4, 0.5) is 0 Å². The Kier molecular flexibility index (Phi) is 7.14. The van der Waals surface area contributed by atoms with Crippen molar-refractivity contribution in [2.45, 2.75) is 31.3 Å². The summed E-state index contributed by atoms with van der Waals surface area (Å²) < 4.78 is 12.5. The van der Waals surface area contributed by atoms with Gasteiger partial charge in [0.2, 0.25) is 0 Å². The molecular weight excluding hydrogens is 623 g/mol. The van der Waals surface area contributed by atoms with Crippen LogP contribution < -0.4 is 0 Å². The lowest BCUT2D eigenvalue weighted by atomic mass is 9.84. The van der Waals surface area contributed by atoms with Gasteiger partial charge in [0.25, 0.3) is 0 Å². The van der Waals surface area contributed by atoms with Gasteiger partial charge in [-0.1, -0.05) is 83.9 Å². The Morgan fingerprint density at radius 1 is 0.696 bits per heavy atom. The third-order valence-corrected chi connectivity index (χ3v) is 10.6. The molecule has 4 aromatic rings. The Bertz CT molecular complexity index is 1790. The van der Waals surface area contributed by atoms with E-state index < -0.39 is 11.6 Å². The SMILES string of the molecule is CC(=O)CN1CC2(C1)OCc1cc(-c3cccc(-c4cccc(-c5ccc6c(c5)COC65CN(CC(=O)O)C5)c4Cl)c3Cl)ccc12. The lowest BCUT2D eigenvalue weighted by Gasteiger charge is -2.47. The van der Waals surface area contributed by atoms with Crippen LogP contribution in [0, 0.1) is 0 Å². The highest BCUT2D eigenvalue weighted by Gasteiger charge is 2.51. The van der Waals surface area contributed by atoms with Crippen molar-refractivity contribution in [1.82, 2.24) is 9.80 Å². The van der Waals surface area contributed by atoms with Crippen LogP contribution in [0.3, 0.4) is 0 Å². The van der Waals surface area contributed by atoms with Crippen molar-refractivity contribution in [1.29, 1.82) is 0 Å². The van der Waals surface area contributed by atoms with E-state index in [4.69, 9.17) is 37.8 Å². The second-order valence-electron chi connectivity index (χ2n) is 13.0. The second-order valence-corrected chi connectivity index (χ2v) is 13.8. The fraction of sp³-hybridized carbons (Fsp3) is 0.297. The van der Waals surface area contributed by atoms with E-state index in [0.717, 1.165) is 63.2 Å². The first-order valence-electron chi connectivity index (χ1n) is 15.4. The van der Waals surface area contributed by atoms with Crippen molar-refractivity contribution >= 4 is 35.0 Å². The molecule has 0 saturated carbocycles. The van der Waals surface area contributed by atoms with Gasteiger partial charge < -0.3 is 14.6 Å². The van der Waals surface area contributed by atoms with E-state index in [1.54, 1.807) is 6.92 Å². The number of rotatable bonds is 7. The summed E-state index contributed by atoms with van der Waals surface area (Å²) in [5.74, 6) is -0.661. The number of carboxylic acids is 1. The van der Waals surface area contributed by atoms with Crippen LogP contribution in [-0.2, 0) is 43.5 Å². The molecule has 0 unspecified atom stereocenters. The van der Waals surface area contributed by atoms with Crippen LogP contribution in [0.25, 0.3) is 33.4 Å². The van der Waals surface area contributed by atoms with Crippen LogP contribution in [0.15, 0.2) is 72.8 Å². The summed E-state index contributed by atoms with van der Waals surface area (Å²) in [5.41, 5.74) is 9.36. The van der Waals surface area contributed by atoms with E-state index in [1.165, 1.54) is 5.56 Å². The number of carbonyl (C=O) groups excluding carboxylic acids is 1. The van der Waals surface area contributed by atoms with Crippen molar-refractivity contribution in [3.8, 4) is 33.4 Å². The first-order valence-corrected chi connectivity index (χ1v) is 16.2. The molecule has 2 spiro atoms. The Balaban J connectivity index is 1.07. The number of ketones is 1. The molecule has 4 aromatic carbocycles. The van der Waals surface area contributed by atoms with Gasteiger partial charge in [-0.2, -0.15) is 0 Å². The molecule has 0 aliphatic carbocycles. The maximum Gasteiger partial charge on any atom is 0.317 e. The Morgan fingerprint density at radius 2 is 1.13 bits per heavy atom. The molecule has 9 heteroatoms. The third-order valence-electron chi connectivity index (χ3n) is 9.83. The number of halogens is 2. The molecule has 4 heterocycles. The van der Waals surface area contributed by atoms with Crippen molar-refractivity contribution in [2.75, 3.05) is 39.3 Å². The number of carboxylic acid groups (broad SMARTS) is 1. The van der Waals surface area contributed by atoms with Crippen molar-refractivity contribution in [3.63, 3.8) is 0 Å². The van der Waals surface area contributed by atoms with Crippen LogP contribution in [-0.4, -0.2) is 65.9 Å². The molecule has 46 heavy (non-hydrogen) atoms. The van der Waals surface area contributed by atoms with E-state index in [9.17, 15) is 9.59 Å². The van der Waals surface area contributed by atoms with Crippen LogP contribution in [0.5, 0.6) is 0 Å². The van der Waals surface area contributed by atoms with E-state index in [2.05, 4.69) is 41.3 Å². The molecule has 2 saturated heterocycles. The zero-order chi connectivity index (χ0) is 31.8. The molecule has 0 radical (unpaired) electrons. The summed E-state index contributed by atoms with van der Waals surface area (Å²) in [6.45, 7) is 5.74. The van der Waals surface area contributed by atoms with Gasteiger partial charge in [0, 0.05) is 48.4 Å². The second kappa shape index (κ2) is 11.0. The highest BCUT2D eigenvalue weighted by atomic mass is 35.5. The van der Waals surface area contributed by atoms with Gasteiger partial charge in [0.15, 0.2) is 0 Å². The summed E-state index contributed by atoms with van der Waals surface area (Å²) >= 11 is 14.3. The maximum absolute atomic E-state index is 11.6. The number of hydrogen-bond donors (Lipinski definition) is 1. The van der Waals surface area contributed by atoms with Gasteiger partial charge in [-0.15, -0.1) is 0 Å². The van der Waals surface area contributed by atoms with E-state index >= 15 is 0 Å². The summed E-state index contributed by atoms with van der Waals surface area (Å²) in [7, 11) is 0. The predicted octanol–water partition coefficient (Wildman–Crippen LogP) is 6.75. The van der Waals surface area contributed by atoms with E-state index in [1.807, 2.05) is 41.3 Å². The van der Waals surface area contributed by atoms with Gasteiger partial charge in [-0.3, -0.25) is 19.4 Å². The van der Waals surface area contributed by atoms with Crippen molar-refractivity contribution in [2.24, 2.45) is 0 Å². The highest BCUT2D eigenvalue weighted by molar-refractivity contribution is 6.39. The topological polar surface area (TPSA) is 79.3 Å². The number of fused-ring (bicyclic) bond motifs is 4. The van der Waals surface area contributed by atoms with Crippen LogP contribution >= 0.6 is 23.2 Å². The standard InChI is InChI=1S/C37H32Cl2N2O5/c1-22(42)14-40-18-36(19-40)31-10-8-23(12-25(31)16-45-36)27-4-2-6-29(34(27)38)30-7-3-5-28(35(30)39)24-9-11-32-26(13-24)17-46-37(32)20-41(21-37)15-33(43)44/h2-13H,14-21H2,1H3,(H,43,44). The van der Waals surface area contributed by atoms with Crippen LogP contribution in [0.2, 0.25) is 10.0 Å². The summed E-state index contributed by atoms with van der Waals surface area (Å²) in [5, 5.41) is 10.4. The first kappa shape index (κ1) is 29.8. The predicted molar refractivity (Wildman–Crippen MR) is 177 cm³/mol. The van der Waals surface area contributed by atoms with Gasteiger partial charge in [0.1, 0.15) is 17.0 Å². The van der Waals surface area contributed by atoms with Gasteiger partial charge in [-0.25, -0.2) is 0 Å². The molecule has 234 valence electrons. The van der Waals surface area contributed by atoms with E-state index in [-0.39, 0.29) is 17.9 Å². The number of benzene rings is 4. The Labute approximate surface area is 277 Å². The molecule has 0 aromatic heterocycles. The minimum absolute atomic E-state index is 0.0221. The van der Waals surface area contributed by atoms with E-state index in [0.29, 0.717) is 42.9 Å². The number of ether oxygens (including phenoxy) is 2. The molecule has 4 aliphatic heterocycles. The van der Waals surface area contributed by atoms with Crippen LogP contribution in [0.1, 0.15) is 29.2 Å². The Hall–Kier alpha value is -3.56. The lowest BCUT2D eigenvalue weighted by molar-refractivity contribution is -0.159. The zero-order valence-electron chi connectivity index (χ0n) is 25.3. The molecular formula is C37H32Cl2N2O5. The normalized spacial score (nSPS) is 19.1. The number of aliphatic carboxylic acids is 1. The third kappa shape index (κ3) is 4.80. The average Bonchev–Trinajstić information content (AvgIpc) is 3.56. The summed E-state index contributed by atoms with van der Waals surface area (Å²) in [6, 6.07) is 24.8. The molecule has 8 rings (SSSR count). The Morgan fingerprint density at radius 3 is 1.57 bits per heavy atom. The first-order chi connectivity index (χ1) is 22.1. The van der Waals surface area contributed by atoms with Gasteiger partial charge >= 0.3 is 5.97 Å². The smallest absolute Gasteiger partial charge is 0.317 e. The number of carbonyl (C=O) groups is 2. The maximum atomic E-state index is 11.6. The van der Waals surface area contributed by atoms with Gasteiger partial charge in [-0.05, 0) is 52.4 Å². The number of nitrogens with zero attached hydrogens (tertiary/aromatic N) is 2. The molecule has 0 bridgehead atoms. The quantitative estimate of drug-likeness (QED) is 0.236. The number of likely N-dealkylation sites (tertiary alicyclic amines) is 2. The molecule has 0 amide bonds. The fourth-order valence-corrected chi connectivity index (χ4v) is 8.44. The van der Waals surface area contributed by atoms with Gasteiger partial charge in [0.05, 0.1) is 36.3 Å². The number of Topliss-reactive ketones (excluding diaryl/α,β-unsaturated/α-hetero) is 1. The molecule has 7 nitrogen and oxygen atoms in total. The van der Waals surface area contributed by atoms with Crippen molar-refractivity contribution in [3.05, 3.63) is 105 Å². The molecule has 4 aliphatic rings.